The number of hydrogen-bond donors (Lipinski definition) is 2. The third kappa shape index (κ3) is 7.00. The van der Waals surface area contributed by atoms with Crippen molar-refractivity contribution in [3.8, 4) is 0 Å². The molecular formula is C26H22BrNO7. The van der Waals surface area contributed by atoms with E-state index < -0.39 is 36.0 Å². The Labute approximate surface area is 210 Å². The Morgan fingerprint density at radius 3 is 1.71 bits per heavy atom. The molecule has 0 saturated carbocycles. The largest absolute Gasteiger partial charge is 0.478 e. The summed E-state index contributed by atoms with van der Waals surface area (Å²) in [5.41, 5.74) is 2.04. The third-order valence-electron chi connectivity index (χ3n) is 4.86. The fourth-order valence-corrected chi connectivity index (χ4v) is 3.42. The molecule has 180 valence electrons. The van der Waals surface area contributed by atoms with Crippen molar-refractivity contribution < 1.29 is 33.8 Å². The molecule has 3 aromatic carbocycles. The van der Waals surface area contributed by atoms with E-state index in [-0.39, 0.29) is 11.1 Å². The molecule has 0 aliphatic carbocycles. The zero-order valence-corrected chi connectivity index (χ0v) is 20.4. The first-order valence-corrected chi connectivity index (χ1v) is 11.3. The lowest BCUT2D eigenvalue weighted by molar-refractivity contribution is -0.157. The highest BCUT2D eigenvalue weighted by Crippen LogP contribution is 2.18. The van der Waals surface area contributed by atoms with Crippen molar-refractivity contribution in [1.29, 1.82) is 0 Å². The molecule has 8 nitrogen and oxygen atoms in total. The number of carboxylic acid groups (broad SMARTS) is 1. The van der Waals surface area contributed by atoms with Crippen molar-refractivity contribution in [2.24, 2.45) is 0 Å². The number of amides is 1. The van der Waals surface area contributed by atoms with Gasteiger partial charge in [-0.25, -0.2) is 14.4 Å². The van der Waals surface area contributed by atoms with Gasteiger partial charge in [-0.1, -0.05) is 51.3 Å². The van der Waals surface area contributed by atoms with Crippen molar-refractivity contribution in [2.45, 2.75) is 26.1 Å². The minimum absolute atomic E-state index is 0.0910. The molecule has 0 aliphatic rings. The maximum Gasteiger partial charge on any atom is 0.349 e. The number of rotatable bonds is 8. The average molecular weight is 540 g/mol. The van der Waals surface area contributed by atoms with Gasteiger partial charge in [-0.2, -0.15) is 0 Å². The molecule has 0 unspecified atom stereocenters. The van der Waals surface area contributed by atoms with E-state index in [1.165, 1.54) is 24.3 Å². The summed E-state index contributed by atoms with van der Waals surface area (Å²) in [6.07, 6.45) is -4.08. The van der Waals surface area contributed by atoms with Gasteiger partial charge in [0.15, 0.2) is 0 Å². The Bertz CT molecular complexity index is 1260. The first-order chi connectivity index (χ1) is 16.6. The number of aryl methyl sites for hydroxylation is 2. The molecule has 0 aliphatic heterocycles. The molecule has 3 rings (SSSR count). The Morgan fingerprint density at radius 2 is 1.26 bits per heavy atom. The van der Waals surface area contributed by atoms with Crippen LogP contribution in [-0.2, 0) is 19.1 Å². The fraction of sp³-hybridized carbons (Fsp3) is 0.154. The molecule has 0 heterocycles. The smallest absolute Gasteiger partial charge is 0.349 e. The summed E-state index contributed by atoms with van der Waals surface area (Å²) in [7, 11) is 0. The summed E-state index contributed by atoms with van der Waals surface area (Å²) in [6, 6.07) is 19.2. The topological polar surface area (TPSA) is 119 Å². The van der Waals surface area contributed by atoms with Gasteiger partial charge < -0.3 is 19.9 Å². The molecule has 0 spiro atoms. The summed E-state index contributed by atoms with van der Waals surface area (Å²) < 4.78 is 11.2. The van der Waals surface area contributed by atoms with E-state index in [9.17, 15) is 24.3 Å². The van der Waals surface area contributed by atoms with Gasteiger partial charge in [0.2, 0.25) is 12.2 Å². The van der Waals surface area contributed by atoms with Crippen LogP contribution in [0.5, 0.6) is 0 Å². The van der Waals surface area contributed by atoms with E-state index in [1.807, 2.05) is 0 Å². The van der Waals surface area contributed by atoms with E-state index in [0.717, 1.165) is 15.6 Å². The van der Waals surface area contributed by atoms with Crippen LogP contribution in [0.2, 0.25) is 0 Å². The summed E-state index contributed by atoms with van der Waals surface area (Å²) in [6.45, 7) is 3.52. The van der Waals surface area contributed by atoms with Crippen molar-refractivity contribution in [3.05, 3.63) is 99.5 Å². The minimum Gasteiger partial charge on any atom is -0.478 e. The van der Waals surface area contributed by atoms with Crippen LogP contribution >= 0.6 is 15.9 Å². The number of halogens is 1. The lowest BCUT2D eigenvalue weighted by Gasteiger charge is -2.23. The summed E-state index contributed by atoms with van der Waals surface area (Å²) in [4.78, 5) is 50.7. The normalized spacial score (nSPS) is 12.2. The maximum atomic E-state index is 13.1. The zero-order chi connectivity index (χ0) is 25.5. The van der Waals surface area contributed by atoms with Crippen LogP contribution in [0, 0.1) is 13.8 Å². The summed E-state index contributed by atoms with van der Waals surface area (Å²) in [5, 5.41) is 12.3. The molecule has 9 heteroatoms. The third-order valence-corrected chi connectivity index (χ3v) is 5.39. The minimum atomic E-state index is -2.10. The number of ether oxygens (including phenoxy) is 2. The predicted molar refractivity (Wildman–Crippen MR) is 131 cm³/mol. The highest BCUT2D eigenvalue weighted by atomic mass is 79.9. The van der Waals surface area contributed by atoms with Crippen molar-refractivity contribution >= 4 is 45.4 Å². The van der Waals surface area contributed by atoms with E-state index in [4.69, 9.17) is 9.47 Å². The number of carbonyl (C=O) groups is 4. The van der Waals surface area contributed by atoms with Gasteiger partial charge in [0.1, 0.15) is 0 Å². The summed E-state index contributed by atoms with van der Waals surface area (Å²) >= 11 is 3.28. The quantitative estimate of drug-likeness (QED) is 0.403. The highest BCUT2D eigenvalue weighted by Gasteiger charge is 2.41. The SMILES string of the molecule is Cc1cccc(C(=O)O[C@H](C(=O)O)[C@H](OC(=O)c2cccc(C)c2)C(=O)Nc2ccc(Br)cc2)c1. The van der Waals surface area contributed by atoms with Crippen molar-refractivity contribution in [2.75, 3.05) is 5.32 Å². The number of carbonyl (C=O) groups excluding carboxylic acids is 3. The molecule has 2 N–H and O–H groups in total. The van der Waals surface area contributed by atoms with Gasteiger partial charge in [-0.05, 0) is 62.4 Å². The monoisotopic (exact) mass is 539 g/mol. The van der Waals surface area contributed by atoms with E-state index in [1.54, 1.807) is 62.4 Å². The fourth-order valence-electron chi connectivity index (χ4n) is 3.15. The van der Waals surface area contributed by atoms with Crippen LogP contribution in [0.1, 0.15) is 31.8 Å². The number of nitrogens with one attached hydrogen (secondary N) is 1. The Kier molecular flexibility index (Phi) is 8.38. The number of benzene rings is 3. The number of hydrogen-bond acceptors (Lipinski definition) is 6. The first kappa shape index (κ1) is 25.6. The van der Waals surface area contributed by atoms with Crippen LogP contribution < -0.4 is 5.32 Å². The van der Waals surface area contributed by atoms with Gasteiger partial charge in [-0.3, -0.25) is 4.79 Å². The summed E-state index contributed by atoms with van der Waals surface area (Å²) in [5.74, 6) is -4.55. The van der Waals surface area contributed by atoms with E-state index >= 15 is 0 Å². The molecule has 0 bridgehead atoms. The lowest BCUT2D eigenvalue weighted by atomic mass is 10.1. The highest BCUT2D eigenvalue weighted by molar-refractivity contribution is 9.10. The molecule has 35 heavy (non-hydrogen) atoms. The molecule has 0 fully saturated rings. The second kappa shape index (κ2) is 11.4. The number of esters is 2. The Morgan fingerprint density at radius 1 is 0.771 bits per heavy atom. The van der Waals surface area contributed by atoms with Gasteiger partial charge in [0.05, 0.1) is 11.1 Å². The van der Waals surface area contributed by atoms with E-state index in [2.05, 4.69) is 21.2 Å². The van der Waals surface area contributed by atoms with Gasteiger partial charge in [-0.15, -0.1) is 0 Å². The molecule has 2 atom stereocenters. The van der Waals surface area contributed by atoms with Crippen LogP contribution in [0.25, 0.3) is 0 Å². The molecule has 0 aromatic heterocycles. The predicted octanol–water partition coefficient (Wildman–Crippen LogP) is 4.54. The van der Waals surface area contributed by atoms with Crippen LogP contribution in [-0.4, -0.2) is 41.1 Å². The standard InChI is InChI=1S/C26H22BrNO7/c1-15-5-3-7-17(13-15)25(32)34-21(23(29)28-20-11-9-19(27)10-12-20)22(24(30)31)35-26(33)18-8-4-6-16(2)14-18/h3-14,21-22H,1-2H3,(H,28,29)(H,30,31)/t21-,22-/m0/s1. The maximum absolute atomic E-state index is 13.1. The van der Waals surface area contributed by atoms with Crippen LogP contribution in [0.3, 0.4) is 0 Å². The lowest BCUT2D eigenvalue weighted by Crippen LogP contribution is -2.48. The number of carboxylic acids is 1. The van der Waals surface area contributed by atoms with Gasteiger partial charge >= 0.3 is 17.9 Å². The Balaban J connectivity index is 1.91. The second-order valence-electron chi connectivity index (χ2n) is 7.73. The molecule has 1 amide bonds. The van der Waals surface area contributed by atoms with Gasteiger partial charge in [0.25, 0.3) is 5.91 Å². The average Bonchev–Trinajstić information content (AvgIpc) is 2.82. The molecule has 0 radical (unpaired) electrons. The number of aliphatic carboxylic acids is 1. The molecule has 0 saturated heterocycles. The number of anilines is 1. The van der Waals surface area contributed by atoms with Crippen LogP contribution in [0.4, 0.5) is 5.69 Å². The molecular weight excluding hydrogens is 518 g/mol. The Hall–Kier alpha value is -3.98. The first-order valence-electron chi connectivity index (χ1n) is 10.5. The molecule has 3 aromatic rings. The van der Waals surface area contributed by atoms with Gasteiger partial charge in [0, 0.05) is 10.2 Å². The second-order valence-corrected chi connectivity index (χ2v) is 8.64. The van der Waals surface area contributed by atoms with Crippen molar-refractivity contribution in [3.63, 3.8) is 0 Å². The van der Waals surface area contributed by atoms with Crippen molar-refractivity contribution in [1.82, 2.24) is 0 Å². The zero-order valence-electron chi connectivity index (χ0n) is 18.9. The van der Waals surface area contributed by atoms with E-state index in [0.29, 0.717) is 5.69 Å². The van der Waals surface area contributed by atoms with Crippen LogP contribution in [0.15, 0.2) is 77.3 Å².